The van der Waals surface area contributed by atoms with E-state index in [0.29, 0.717) is 33.2 Å². The number of thioether (sulfide) groups is 1. The standard InChI is InChI=1S/C26H23ClN2O3S/c1-3-17-8-11-20(12-9-17)28-26-29-25(30)24(33-26)15-18-10-13-22(23(14-18)31-2)32-16-19-6-4-5-7-21(19)27/h4-15H,3,16H2,1-2H3,(H,28,29,30). The summed E-state index contributed by atoms with van der Waals surface area (Å²) in [6, 6.07) is 21.1. The normalized spacial score (nSPS) is 15.7. The number of amidine groups is 1. The van der Waals surface area contributed by atoms with Crippen molar-refractivity contribution in [1.29, 1.82) is 0 Å². The predicted molar refractivity (Wildman–Crippen MR) is 135 cm³/mol. The zero-order chi connectivity index (χ0) is 23.2. The van der Waals surface area contributed by atoms with Crippen LogP contribution in [0.4, 0.5) is 5.69 Å². The number of amides is 1. The third-order valence-corrected chi connectivity index (χ3v) is 6.33. The molecule has 1 fully saturated rings. The molecule has 1 saturated heterocycles. The van der Waals surface area contributed by atoms with E-state index in [1.807, 2.05) is 72.8 Å². The molecule has 1 N–H and O–H groups in total. The number of halogens is 1. The molecule has 168 valence electrons. The number of carbonyl (C=O) groups is 1. The Hall–Kier alpha value is -3.22. The number of hydrogen-bond acceptors (Lipinski definition) is 5. The van der Waals surface area contributed by atoms with Gasteiger partial charge in [0.05, 0.1) is 17.7 Å². The summed E-state index contributed by atoms with van der Waals surface area (Å²) >= 11 is 7.51. The van der Waals surface area contributed by atoms with Crippen LogP contribution in [-0.4, -0.2) is 18.2 Å². The maximum absolute atomic E-state index is 12.4. The molecular formula is C26H23ClN2O3S. The number of nitrogens with zero attached hydrogens (tertiary/aromatic N) is 1. The maximum atomic E-state index is 12.4. The lowest BCUT2D eigenvalue weighted by Crippen LogP contribution is -2.19. The molecule has 0 aliphatic carbocycles. The van der Waals surface area contributed by atoms with Crippen LogP contribution in [0.1, 0.15) is 23.6 Å². The molecule has 3 aromatic rings. The van der Waals surface area contributed by atoms with E-state index in [2.05, 4.69) is 17.2 Å². The van der Waals surface area contributed by atoms with Crippen LogP contribution in [0, 0.1) is 0 Å². The number of benzene rings is 3. The smallest absolute Gasteiger partial charge is 0.264 e. The van der Waals surface area contributed by atoms with Crippen molar-refractivity contribution in [1.82, 2.24) is 5.32 Å². The van der Waals surface area contributed by atoms with E-state index >= 15 is 0 Å². The van der Waals surface area contributed by atoms with Gasteiger partial charge in [-0.15, -0.1) is 0 Å². The monoisotopic (exact) mass is 478 g/mol. The molecule has 1 amide bonds. The fourth-order valence-electron chi connectivity index (χ4n) is 3.22. The molecule has 0 radical (unpaired) electrons. The molecule has 0 saturated carbocycles. The summed E-state index contributed by atoms with van der Waals surface area (Å²) in [6.45, 7) is 2.44. The Morgan fingerprint density at radius 3 is 2.58 bits per heavy atom. The molecule has 1 heterocycles. The highest BCUT2D eigenvalue weighted by Crippen LogP contribution is 2.33. The van der Waals surface area contributed by atoms with Crippen molar-refractivity contribution < 1.29 is 14.3 Å². The van der Waals surface area contributed by atoms with Gasteiger partial charge in [0, 0.05) is 10.6 Å². The first-order valence-corrected chi connectivity index (χ1v) is 11.7. The molecule has 4 rings (SSSR count). The van der Waals surface area contributed by atoms with Crippen molar-refractivity contribution in [2.24, 2.45) is 4.99 Å². The molecule has 5 nitrogen and oxygen atoms in total. The fraction of sp³-hybridized carbons (Fsp3) is 0.154. The first-order valence-electron chi connectivity index (χ1n) is 10.5. The minimum absolute atomic E-state index is 0.179. The lowest BCUT2D eigenvalue weighted by atomic mass is 10.2. The zero-order valence-corrected chi connectivity index (χ0v) is 19.9. The third kappa shape index (κ3) is 5.78. The van der Waals surface area contributed by atoms with Crippen LogP contribution >= 0.6 is 23.4 Å². The molecule has 33 heavy (non-hydrogen) atoms. The Bertz CT molecular complexity index is 1220. The molecule has 0 bridgehead atoms. The minimum atomic E-state index is -0.179. The fourth-order valence-corrected chi connectivity index (χ4v) is 4.25. The third-order valence-electron chi connectivity index (χ3n) is 5.05. The molecule has 1 aliphatic heterocycles. The highest BCUT2D eigenvalue weighted by molar-refractivity contribution is 8.18. The van der Waals surface area contributed by atoms with Gasteiger partial charge in [-0.2, -0.15) is 0 Å². The Morgan fingerprint density at radius 1 is 1.06 bits per heavy atom. The first kappa shape index (κ1) is 23.0. The lowest BCUT2D eigenvalue weighted by Gasteiger charge is -2.12. The summed E-state index contributed by atoms with van der Waals surface area (Å²) in [4.78, 5) is 17.5. The van der Waals surface area contributed by atoms with Crippen molar-refractivity contribution >= 4 is 46.2 Å². The Morgan fingerprint density at radius 2 is 1.85 bits per heavy atom. The summed E-state index contributed by atoms with van der Waals surface area (Å²) in [7, 11) is 1.58. The summed E-state index contributed by atoms with van der Waals surface area (Å²) in [5, 5.41) is 4.03. The second-order valence-corrected chi connectivity index (χ2v) is 8.73. The van der Waals surface area contributed by atoms with E-state index < -0.39 is 0 Å². The van der Waals surface area contributed by atoms with E-state index in [1.54, 1.807) is 7.11 Å². The topological polar surface area (TPSA) is 59.9 Å². The van der Waals surface area contributed by atoms with E-state index in [-0.39, 0.29) is 5.91 Å². The van der Waals surface area contributed by atoms with Gasteiger partial charge < -0.3 is 14.8 Å². The van der Waals surface area contributed by atoms with Crippen LogP contribution in [0.3, 0.4) is 0 Å². The van der Waals surface area contributed by atoms with Crippen molar-refractivity contribution in [2.45, 2.75) is 20.0 Å². The number of aliphatic imine (C=N–C) groups is 1. The summed E-state index contributed by atoms with van der Waals surface area (Å²) in [5.74, 6) is 0.993. The second-order valence-electron chi connectivity index (χ2n) is 7.29. The van der Waals surface area contributed by atoms with Gasteiger partial charge in [0.1, 0.15) is 6.61 Å². The SMILES string of the molecule is CCc1ccc(N=C2NC(=O)C(=Cc3ccc(OCc4ccccc4Cl)c(OC)c3)S2)cc1. The van der Waals surface area contributed by atoms with Crippen molar-refractivity contribution in [3.05, 3.63) is 93.3 Å². The van der Waals surface area contributed by atoms with Gasteiger partial charge in [-0.3, -0.25) is 4.79 Å². The number of methoxy groups -OCH3 is 1. The maximum Gasteiger partial charge on any atom is 0.264 e. The number of hydrogen-bond donors (Lipinski definition) is 1. The molecule has 1 aliphatic rings. The van der Waals surface area contributed by atoms with Crippen LogP contribution in [0.5, 0.6) is 11.5 Å². The average molecular weight is 479 g/mol. The molecule has 7 heteroatoms. The molecule has 0 unspecified atom stereocenters. The Labute approximate surface area is 202 Å². The molecular weight excluding hydrogens is 456 g/mol. The van der Waals surface area contributed by atoms with Crippen molar-refractivity contribution in [2.75, 3.05) is 7.11 Å². The predicted octanol–water partition coefficient (Wildman–Crippen LogP) is 6.38. The second kappa shape index (κ2) is 10.6. The van der Waals surface area contributed by atoms with Gasteiger partial charge in [0.25, 0.3) is 5.91 Å². The van der Waals surface area contributed by atoms with Crippen LogP contribution in [0.2, 0.25) is 5.02 Å². The molecule has 3 aromatic carbocycles. The Kier molecular flexibility index (Phi) is 7.37. The van der Waals surface area contributed by atoms with Crippen LogP contribution in [0.25, 0.3) is 6.08 Å². The lowest BCUT2D eigenvalue weighted by molar-refractivity contribution is -0.115. The van der Waals surface area contributed by atoms with Gasteiger partial charge in [-0.1, -0.05) is 54.9 Å². The minimum Gasteiger partial charge on any atom is -0.493 e. The van der Waals surface area contributed by atoms with E-state index in [0.717, 1.165) is 23.2 Å². The zero-order valence-electron chi connectivity index (χ0n) is 18.3. The largest absolute Gasteiger partial charge is 0.493 e. The van der Waals surface area contributed by atoms with E-state index in [1.165, 1.54) is 17.3 Å². The number of rotatable bonds is 7. The van der Waals surface area contributed by atoms with Gasteiger partial charge in [0.2, 0.25) is 0 Å². The van der Waals surface area contributed by atoms with Crippen molar-refractivity contribution in [3.63, 3.8) is 0 Å². The van der Waals surface area contributed by atoms with Gasteiger partial charge in [-0.05, 0) is 65.7 Å². The summed E-state index contributed by atoms with van der Waals surface area (Å²) < 4.78 is 11.4. The molecule has 0 aromatic heterocycles. The number of aryl methyl sites for hydroxylation is 1. The van der Waals surface area contributed by atoms with Crippen LogP contribution < -0.4 is 14.8 Å². The highest BCUT2D eigenvalue weighted by Gasteiger charge is 2.24. The van der Waals surface area contributed by atoms with Crippen molar-refractivity contribution in [3.8, 4) is 11.5 Å². The number of nitrogens with one attached hydrogen (secondary N) is 1. The van der Waals surface area contributed by atoms with Gasteiger partial charge in [0.15, 0.2) is 16.7 Å². The van der Waals surface area contributed by atoms with E-state index in [9.17, 15) is 4.79 Å². The van der Waals surface area contributed by atoms with E-state index in [4.69, 9.17) is 21.1 Å². The Balaban J connectivity index is 1.48. The molecule has 0 atom stereocenters. The van der Waals surface area contributed by atoms with Crippen LogP contribution in [0.15, 0.2) is 76.6 Å². The first-order chi connectivity index (χ1) is 16.1. The summed E-state index contributed by atoms with van der Waals surface area (Å²) in [5.41, 5.74) is 3.76. The highest BCUT2D eigenvalue weighted by atomic mass is 35.5. The van der Waals surface area contributed by atoms with Crippen LogP contribution in [-0.2, 0) is 17.8 Å². The average Bonchev–Trinajstić information content (AvgIpc) is 3.17. The van der Waals surface area contributed by atoms with Gasteiger partial charge >= 0.3 is 0 Å². The molecule has 0 spiro atoms. The number of ether oxygens (including phenoxy) is 2. The summed E-state index contributed by atoms with van der Waals surface area (Å²) in [6.07, 6.45) is 2.78. The van der Waals surface area contributed by atoms with Gasteiger partial charge in [-0.25, -0.2) is 4.99 Å². The number of carbonyl (C=O) groups excluding carboxylic acids is 1. The quantitative estimate of drug-likeness (QED) is 0.400.